The minimum absolute atomic E-state index is 0.188. The second kappa shape index (κ2) is 7.99. The summed E-state index contributed by atoms with van der Waals surface area (Å²) in [6.45, 7) is -0.157. The second-order valence-corrected chi connectivity index (χ2v) is 6.50. The van der Waals surface area contributed by atoms with Gasteiger partial charge < -0.3 is 10.2 Å². The molecule has 0 saturated carbocycles. The molecule has 0 aliphatic carbocycles. The van der Waals surface area contributed by atoms with E-state index in [0.717, 1.165) is 10.5 Å². The summed E-state index contributed by atoms with van der Waals surface area (Å²) in [5.74, 6) is -1.20. The van der Waals surface area contributed by atoms with E-state index < -0.39 is 23.9 Å². The maximum atomic E-state index is 13.3. The maximum Gasteiger partial charge on any atom is 0.325 e. The number of carbonyl (C=O) groups excluding carboxylic acids is 3. The highest BCUT2D eigenvalue weighted by molar-refractivity contribution is 6.06. The van der Waals surface area contributed by atoms with Gasteiger partial charge in [0.25, 0.3) is 5.91 Å². The van der Waals surface area contributed by atoms with Crippen molar-refractivity contribution in [2.45, 2.75) is 19.0 Å². The fraction of sp³-hybridized carbons (Fsp3) is 0.250. The van der Waals surface area contributed by atoms with Crippen molar-refractivity contribution < 1.29 is 18.8 Å². The highest BCUT2D eigenvalue weighted by atomic mass is 19.1. The van der Waals surface area contributed by atoms with E-state index in [-0.39, 0.29) is 18.9 Å². The van der Waals surface area contributed by atoms with Crippen molar-refractivity contribution in [3.05, 3.63) is 71.5 Å². The first-order valence-corrected chi connectivity index (χ1v) is 8.58. The highest BCUT2D eigenvalue weighted by Crippen LogP contribution is 2.13. The molecule has 2 aromatic rings. The zero-order valence-electron chi connectivity index (χ0n) is 14.9. The second-order valence-electron chi connectivity index (χ2n) is 6.50. The molecule has 1 N–H and O–H groups in total. The van der Waals surface area contributed by atoms with E-state index in [1.807, 2.05) is 30.3 Å². The Morgan fingerprint density at radius 3 is 2.52 bits per heavy atom. The highest BCUT2D eigenvalue weighted by Gasteiger charge is 2.39. The number of carbonyl (C=O) groups is 3. The van der Waals surface area contributed by atoms with Gasteiger partial charge >= 0.3 is 6.03 Å². The smallest absolute Gasteiger partial charge is 0.325 e. The van der Waals surface area contributed by atoms with Gasteiger partial charge in [0, 0.05) is 20.0 Å². The monoisotopic (exact) mass is 369 g/mol. The van der Waals surface area contributed by atoms with E-state index >= 15 is 0 Å². The van der Waals surface area contributed by atoms with Crippen LogP contribution in [-0.2, 0) is 22.6 Å². The Bertz CT molecular complexity index is 857. The van der Waals surface area contributed by atoms with Gasteiger partial charge in [-0.2, -0.15) is 0 Å². The largest absolute Gasteiger partial charge is 0.340 e. The third-order valence-corrected chi connectivity index (χ3v) is 4.42. The first kappa shape index (κ1) is 18.6. The van der Waals surface area contributed by atoms with Crippen molar-refractivity contribution in [3.8, 4) is 0 Å². The Hall–Kier alpha value is -3.22. The summed E-state index contributed by atoms with van der Waals surface area (Å²) in [5.41, 5.74) is 1.55. The van der Waals surface area contributed by atoms with Crippen LogP contribution < -0.4 is 5.32 Å². The quantitative estimate of drug-likeness (QED) is 0.792. The molecule has 7 heteroatoms. The van der Waals surface area contributed by atoms with Gasteiger partial charge in [-0.3, -0.25) is 14.5 Å². The number of nitrogens with one attached hydrogen (secondary N) is 1. The lowest BCUT2D eigenvalue weighted by molar-refractivity contribution is -0.136. The summed E-state index contributed by atoms with van der Waals surface area (Å²) < 4.78 is 13.3. The molecule has 3 rings (SSSR count). The summed E-state index contributed by atoms with van der Waals surface area (Å²) in [5, 5.41) is 2.62. The summed E-state index contributed by atoms with van der Waals surface area (Å²) in [6.07, 6.45) is 0.370. The van der Waals surface area contributed by atoms with Crippen LogP contribution in [0.5, 0.6) is 0 Å². The van der Waals surface area contributed by atoms with Crippen LogP contribution in [0.4, 0.5) is 9.18 Å². The van der Waals surface area contributed by atoms with Crippen LogP contribution in [0.2, 0.25) is 0 Å². The summed E-state index contributed by atoms with van der Waals surface area (Å²) in [4.78, 5) is 39.3. The van der Waals surface area contributed by atoms with E-state index in [9.17, 15) is 18.8 Å². The third kappa shape index (κ3) is 4.49. The molecule has 1 heterocycles. The molecule has 27 heavy (non-hydrogen) atoms. The van der Waals surface area contributed by atoms with E-state index in [2.05, 4.69) is 5.32 Å². The topological polar surface area (TPSA) is 69.7 Å². The number of nitrogens with zero attached hydrogens (tertiary/aromatic N) is 2. The zero-order chi connectivity index (χ0) is 19.4. The van der Waals surface area contributed by atoms with Crippen LogP contribution in [0.1, 0.15) is 11.1 Å². The fourth-order valence-electron chi connectivity index (χ4n) is 2.97. The van der Waals surface area contributed by atoms with Crippen LogP contribution in [0, 0.1) is 5.82 Å². The van der Waals surface area contributed by atoms with E-state index in [4.69, 9.17) is 0 Å². The minimum Gasteiger partial charge on any atom is -0.340 e. The van der Waals surface area contributed by atoms with Crippen molar-refractivity contribution in [2.24, 2.45) is 0 Å². The lowest BCUT2D eigenvalue weighted by Crippen LogP contribution is -2.41. The molecule has 1 atom stereocenters. The van der Waals surface area contributed by atoms with Crippen LogP contribution in [0.3, 0.4) is 0 Å². The molecule has 0 bridgehead atoms. The van der Waals surface area contributed by atoms with Crippen LogP contribution in [0.15, 0.2) is 54.6 Å². The van der Waals surface area contributed by atoms with Gasteiger partial charge in [-0.15, -0.1) is 0 Å². The molecule has 4 amide bonds. The summed E-state index contributed by atoms with van der Waals surface area (Å²) in [6, 6.07) is 14.0. The Morgan fingerprint density at radius 2 is 1.81 bits per heavy atom. The fourth-order valence-corrected chi connectivity index (χ4v) is 2.97. The number of benzene rings is 2. The molecule has 0 radical (unpaired) electrons. The Kier molecular flexibility index (Phi) is 5.49. The van der Waals surface area contributed by atoms with Crippen molar-refractivity contribution in [1.82, 2.24) is 15.1 Å². The summed E-state index contributed by atoms with van der Waals surface area (Å²) >= 11 is 0. The van der Waals surface area contributed by atoms with Crippen molar-refractivity contribution in [1.29, 1.82) is 0 Å². The molecular formula is C20H20FN3O3. The van der Waals surface area contributed by atoms with Crippen LogP contribution in [0.25, 0.3) is 0 Å². The van der Waals surface area contributed by atoms with Crippen LogP contribution in [-0.4, -0.2) is 47.3 Å². The standard InChI is InChI=1S/C20H20FN3O3/c1-23(12-15-8-5-9-16(21)10-15)18(25)13-24-19(26)17(22-20(24)27)11-14-6-3-2-4-7-14/h2-10,17H,11-13H2,1H3,(H,22,27). The van der Waals surface area contributed by atoms with E-state index in [0.29, 0.717) is 12.0 Å². The number of imide groups is 1. The molecule has 0 spiro atoms. The number of rotatable bonds is 6. The molecule has 1 aliphatic rings. The number of halogens is 1. The average molecular weight is 369 g/mol. The predicted octanol–water partition coefficient (Wildman–Crippen LogP) is 1.95. The molecule has 2 aromatic carbocycles. The van der Waals surface area contributed by atoms with Gasteiger partial charge in [0.2, 0.25) is 5.91 Å². The van der Waals surface area contributed by atoms with E-state index in [1.54, 1.807) is 19.2 Å². The number of hydrogen-bond acceptors (Lipinski definition) is 3. The molecule has 1 unspecified atom stereocenters. The predicted molar refractivity (Wildman–Crippen MR) is 97.1 cm³/mol. The molecule has 1 saturated heterocycles. The first-order chi connectivity index (χ1) is 12.9. The Morgan fingerprint density at radius 1 is 1.11 bits per heavy atom. The number of likely N-dealkylation sites (N-methyl/N-ethyl adjacent to an activating group) is 1. The maximum absolute atomic E-state index is 13.3. The lowest BCUT2D eigenvalue weighted by Gasteiger charge is -2.20. The Balaban J connectivity index is 1.60. The number of urea groups is 1. The van der Waals surface area contributed by atoms with Crippen LogP contribution >= 0.6 is 0 Å². The Labute approximate surface area is 156 Å². The molecule has 140 valence electrons. The van der Waals surface area contributed by atoms with Gasteiger partial charge in [-0.25, -0.2) is 9.18 Å². The third-order valence-electron chi connectivity index (χ3n) is 4.42. The van der Waals surface area contributed by atoms with Gasteiger partial charge in [0.05, 0.1) is 0 Å². The van der Waals surface area contributed by atoms with Gasteiger partial charge in [-0.1, -0.05) is 42.5 Å². The van der Waals surface area contributed by atoms with Crippen molar-refractivity contribution in [2.75, 3.05) is 13.6 Å². The number of hydrogen-bond donors (Lipinski definition) is 1. The molecular weight excluding hydrogens is 349 g/mol. The number of amides is 4. The lowest BCUT2D eigenvalue weighted by atomic mass is 10.1. The van der Waals surface area contributed by atoms with Gasteiger partial charge in [-0.05, 0) is 23.3 Å². The summed E-state index contributed by atoms with van der Waals surface area (Å²) in [7, 11) is 1.55. The van der Waals surface area contributed by atoms with E-state index in [1.165, 1.54) is 17.0 Å². The zero-order valence-corrected chi connectivity index (χ0v) is 14.9. The van der Waals surface area contributed by atoms with Crippen molar-refractivity contribution >= 4 is 17.8 Å². The molecule has 6 nitrogen and oxygen atoms in total. The molecule has 1 fully saturated rings. The van der Waals surface area contributed by atoms with Gasteiger partial charge in [0.1, 0.15) is 18.4 Å². The normalized spacial score (nSPS) is 16.4. The van der Waals surface area contributed by atoms with Crippen molar-refractivity contribution in [3.63, 3.8) is 0 Å². The SMILES string of the molecule is CN(Cc1cccc(F)c1)C(=O)CN1C(=O)NC(Cc2ccccc2)C1=O. The first-order valence-electron chi connectivity index (χ1n) is 8.58. The molecule has 1 aliphatic heterocycles. The molecule has 0 aromatic heterocycles. The average Bonchev–Trinajstić information content (AvgIpc) is 2.90. The van der Waals surface area contributed by atoms with Gasteiger partial charge in [0.15, 0.2) is 0 Å². The minimum atomic E-state index is -0.679.